The van der Waals surface area contributed by atoms with Gasteiger partial charge in [-0.05, 0) is 18.2 Å². The van der Waals surface area contributed by atoms with Crippen LogP contribution in [0.4, 0.5) is 13.2 Å². The van der Waals surface area contributed by atoms with Gasteiger partial charge in [-0.25, -0.2) is 0 Å². The van der Waals surface area contributed by atoms with Gasteiger partial charge in [-0.15, -0.1) is 13.2 Å². The Morgan fingerprint density at radius 2 is 1.89 bits per heavy atom. The van der Waals surface area contributed by atoms with Crippen molar-refractivity contribution in [2.75, 3.05) is 20.2 Å². The minimum atomic E-state index is -4.35. The third kappa shape index (κ3) is 3.30. The number of benzene rings is 1. The van der Waals surface area contributed by atoms with E-state index in [4.69, 9.17) is 4.74 Å². The molecule has 0 aliphatic carbocycles. The molecule has 0 atom stereocenters. The first-order valence-corrected chi connectivity index (χ1v) is 5.64. The lowest BCUT2D eigenvalue weighted by Crippen LogP contribution is -2.19. The van der Waals surface area contributed by atoms with Crippen LogP contribution in [0.3, 0.4) is 0 Å². The monoisotopic (exact) mass is 271 g/mol. The van der Waals surface area contributed by atoms with Crippen LogP contribution in [0.2, 0.25) is 0 Å². The smallest absolute Gasteiger partial charge is 0.416 e. The Morgan fingerprint density at radius 3 is 2.47 bits per heavy atom. The SMILES string of the molecule is C=C.C=C1c2cc(C(F)(F)F)ccc2OCCN1C. The van der Waals surface area contributed by atoms with Crippen LogP contribution in [0.5, 0.6) is 5.75 Å². The van der Waals surface area contributed by atoms with E-state index in [1.165, 1.54) is 6.07 Å². The van der Waals surface area contributed by atoms with Gasteiger partial charge in [-0.2, -0.15) is 13.2 Å². The summed E-state index contributed by atoms with van der Waals surface area (Å²) in [6.07, 6.45) is -4.35. The van der Waals surface area contributed by atoms with Crippen LogP contribution < -0.4 is 4.74 Å². The molecule has 1 aliphatic rings. The van der Waals surface area contributed by atoms with E-state index in [0.717, 1.165) is 12.1 Å². The van der Waals surface area contributed by atoms with Gasteiger partial charge in [0.1, 0.15) is 12.4 Å². The quantitative estimate of drug-likeness (QED) is 0.665. The lowest BCUT2D eigenvalue weighted by molar-refractivity contribution is -0.137. The lowest BCUT2D eigenvalue weighted by Gasteiger charge is -2.18. The molecule has 0 bridgehead atoms. The van der Waals surface area contributed by atoms with Crippen LogP contribution in [0.25, 0.3) is 5.70 Å². The molecule has 1 aliphatic heterocycles. The first kappa shape index (κ1) is 15.1. The third-order valence-corrected chi connectivity index (χ3v) is 2.76. The summed E-state index contributed by atoms with van der Waals surface area (Å²) >= 11 is 0. The van der Waals surface area contributed by atoms with Gasteiger partial charge in [0.05, 0.1) is 12.1 Å². The summed E-state index contributed by atoms with van der Waals surface area (Å²) in [4.78, 5) is 1.78. The van der Waals surface area contributed by atoms with E-state index in [0.29, 0.717) is 30.2 Å². The van der Waals surface area contributed by atoms with E-state index in [1.807, 2.05) is 0 Å². The number of hydrogen-bond acceptors (Lipinski definition) is 2. The van der Waals surface area contributed by atoms with Crippen LogP contribution in [0.1, 0.15) is 11.1 Å². The molecule has 0 saturated carbocycles. The molecule has 0 spiro atoms. The predicted molar refractivity (Wildman–Crippen MR) is 69.9 cm³/mol. The van der Waals surface area contributed by atoms with Gasteiger partial charge in [0.15, 0.2) is 0 Å². The zero-order valence-electron chi connectivity index (χ0n) is 10.8. The van der Waals surface area contributed by atoms with Crippen molar-refractivity contribution in [1.82, 2.24) is 4.90 Å². The average Bonchev–Trinajstić information content (AvgIpc) is 2.51. The van der Waals surface area contributed by atoms with Crippen molar-refractivity contribution in [3.05, 3.63) is 49.1 Å². The van der Waals surface area contributed by atoms with Crippen molar-refractivity contribution in [2.24, 2.45) is 0 Å². The standard InChI is InChI=1S/C12H12F3NO.C2H4/c1-8-10-7-9(12(13,14)15)3-4-11(10)17-6-5-16(8)2;1-2/h3-4,7H,1,5-6H2,2H3;1-2H2. The molecule has 0 radical (unpaired) electrons. The number of rotatable bonds is 0. The zero-order valence-corrected chi connectivity index (χ0v) is 10.8. The minimum Gasteiger partial charge on any atom is -0.491 e. The fraction of sp³-hybridized carbons (Fsp3) is 0.286. The summed E-state index contributed by atoms with van der Waals surface area (Å²) in [5.74, 6) is 0.451. The number of likely N-dealkylation sites (N-methyl/N-ethyl adjacent to an activating group) is 1. The molecule has 0 aromatic heterocycles. The van der Waals surface area contributed by atoms with Gasteiger partial charge in [0.2, 0.25) is 0 Å². The average molecular weight is 271 g/mol. The molecular formula is C14H16F3NO. The number of fused-ring (bicyclic) bond motifs is 1. The molecule has 0 N–H and O–H groups in total. The third-order valence-electron chi connectivity index (χ3n) is 2.76. The Kier molecular flexibility index (Phi) is 4.64. The highest BCUT2D eigenvalue weighted by atomic mass is 19.4. The first-order valence-electron chi connectivity index (χ1n) is 5.64. The lowest BCUT2D eigenvalue weighted by atomic mass is 10.1. The fourth-order valence-electron chi connectivity index (χ4n) is 1.69. The fourth-order valence-corrected chi connectivity index (χ4v) is 1.69. The van der Waals surface area contributed by atoms with Crippen molar-refractivity contribution in [1.29, 1.82) is 0 Å². The van der Waals surface area contributed by atoms with Gasteiger partial charge in [0.25, 0.3) is 0 Å². The number of nitrogens with zero attached hydrogens (tertiary/aromatic N) is 1. The molecule has 2 nitrogen and oxygen atoms in total. The largest absolute Gasteiger partial charge is 0.491 e. The second-order valence-corrected chi connectivity index (χ2v) is 3.93. The van der Waals surface area contributed by atoms with Crippen LogP contribution in [0.15, 0.2) is 37.9 Å². The van der Waals surface area contributed by atoms with Crippen LogP contribution in [0, 0.1) is 0 Å². The van der Waals surface area contributed by atoms with Crippen molar-refractivity contribution in [3.63, 3.8) is 0 Å². The summed E-state index contributed by atoms with van der Waals surface area (Å²) in [7, 11) is 1.78. The Labute approximate surface area is 110 Å². The maximum absolute atomic E-state index is 12.6. The van der Waals surface area contributed by atoms with Gasteiger partial charge in [-0.1, -0.05) is 6.58 Å². The van der Waals surface area contributed by atoms with E-state index in [9.17, 15) is 13.2 Å². The highest BCUT2D eigenvalue weighted by Crippen LogP contribution is 2.36. The van der Waals surface area contributed by atoms with Gasteiger partial charge >= 0.3 is 6.18 Å². The van der Waals surface area contributed by atoms with Crippen molar-refractivity contribution >= 4 is 5.70 Å². The maximum atomic E-state index is 12.6. The number of halogens is 3. The Balaban J connectivity index is 0.000000861. The van der Waals surface area contributed by atoms with E-state index in [2.05, 4.69) is 19.7 Å². The normalized spacial score (nSPS) is 14.7. The summed E-state index contributed by atoms with van der Waals surface area (Å²) in [6, 6.07) is 3.46. The highest BCUT2D eigenvalue weighted by Gasteiger charge is 2.32. The van der Waals surface area contributed by atoms with Crippen LogP contribution in [-0.2, 0) is 6.18 Å². The molecule has 1 heterocycles. The summed E-state index contributed by atoms with van der Waals surface area (Å²) in [6.45, 7) is 10.8. The van der Waals surface area contributed by atoms with E-state index >= 15 is 0 Å². The van der Waals surface area contributed by atoms with Crippen molar-refractivity contribution in [3.8, 4) is 5.75 Å². The molecule has 2 rings (SSSR count). The molecule has 0 fully saturated rings. The molecule has 0 amide bonds. The van der Waals surface area contributed by atoms with Crippen molar-refractivity contribution in [2.45, 2.75) is 6.18 Å². The molecule has 0 unspecified atom stereocenters. The van der Waals surface area contributed by atoms with Crippen LogP contribution >= 0.6 is 0 Å². The molecule has 5 heteroatoms. The van der Waals surface area contributed by atoms with Gasteiger partial charge < -0.3 is 9.64 Å². The molecular weight excluding hydrogens is 255 g/mol. The van der Waals surface area contributed by atoms with E-state index in [-0.39, 0.29) is 0 Å². The number of hydrogen-bond donors (Lipinski definition) is 0. The predicted octanol–water partition coefficient (Wildman–Crippen LogP) is 3.80. The molecule has 1 aromatic carbocycles. The molecule has 1 aromatic rings. The maximum Gasteiger partial charge on any atom is 0.416 e. The first-order chi connectivity index (χ1) is 8.89. The zero-order chi connectivity index (χ0) is 14.6. The van der Waals surface area contributed by atoms with Gasteiger partial charge in [0, 0.05) is 18.3 Å². The van der Waals surface area contributed by atoms with Gasteiger partial charge in [-0.3, -0.25) is 0 Å². The second-order valence-electron chi connectivity index (χ2n) is 3.93. The summed E-state index contributed by atoms with van der Waals surface area (Å²) in [5.41, 5.74) is 0.264. The minimum absolute atomic E-state index is 0.403. The van der Waals surface area contributed by atoms with E-state index < -0.39 is 11.7 Å². The molecule has 104 valence electrons. The second kappa shape index (κ2) is 5.82. The van der Waals surface area contributed by atoms with E-state index in [1.54, 1.807) is 11.9 Å². The van der Waals surface area contributed by atoms with Crippen LogP contribution in [-0.4, -0.2) is 25.1 Å². The molecule has 19 heavy (non-hydrogen) atoms. The number of alkyl halides is 3. The molecule has 0 saturated heterocycles. The highest BCUT2D eigenvalue weighted by molar-refractivity contribution is 5.68. The topological polar surface area (TPSA) is 12.5 Å². The summed E-state index contributed by atoms with van der Waals surface area (Å²) in [5, 5.41) is 0. The van der Waals surface area contributed by atoms with Crippen molar-refractivity contribution < 1.29 is 17.9 Å². The Morgan fingerprint density at radius 1 is 1.26 bits per heavy atom. The summed E-state index contributed by atoms with van der Waals surface area (Å²) < 4.78 is 43.2. The Bertz CT molecular complexity index is 468. The number of ether oxygens (including phenoxy) is 1. The Hall–Kier alpha value is -1.91.